The van der Waals surface area contributed by atoms with Crippen molar-refractivity contribution in [3.63, 3.8) is 0 Å². The third-order valence-corrected chi connectivity index (χ3v) is 3.30. The second-order valence-electron chi connectivity index (χ2n) is 4.48. The Morgan fingerprint density at radius 1 is 1.12 bits per heavy atom. The Kier molecular flexibility index (Phi) is 2.55. The highest BCUT2D eigenvalue weighted by atomic mass is 15.3. The normalized spacial score (nSPS) is 15.5. The molecule has 0 radical (unpaired) electrons. The number of hydrogen-bond donors (Lipinski definition) is 0. The maximum absolute atomic E-state index is 4.20. The molecule has 3 rings (SSSR count). The van der Waals surface area contributed by atoms with E-state index in [2.05, 4.69) is 39.4 Å². The van der Waals surface area contributed by atoms with Crippen LogP contribution in [0.4, 0.5) is 5.69 Å². The van der Waals surface area contributed by atoms with Crippen LogP contribution in [0.25, 0.3) is 11.4 Å². The lowest BCUT2D eigenvalue weighted by Gasteiger charge is -2.20. The van der Waals surface area contributed by atoms with Gasteiger partial charge in [0.1, 0.15) is 6.33 Å². The molecule has 1 aliphatic rings. The molecule has 0 N–H and O–H groups in total. The van der Waals surface area contributed by atoms with Gasteiger partial charge in [-0.1, -0.05) is 12.1 Å². The maximum atomic E-state index is 4.20. The zero-order valence-electron chi connectivity index (χ0n) is 10.0. The van der Waals surface area contributed by atoms with Crippen molar-refractivity contribution in [1.82, 2.24) is 14.8 Å². The van der Waals surface area contributed by atoms with E-state index in [4.69, 9.17) is 0 Å². The lowest BCUT2D eigenvalue weighted by Crippen LogP contribution is -2.18. The van der Waals surface area contributed by atoms with Gasteiger partial charge in [0.25, 0.3) is 0 Å². The van der Waals surface area contributed by atoms with Crippen LogP contribution in [0.1, 0.15) is 12.8 Å². The summed E-state index contributed by atoms with van der Waals surface area (Å²) in [5, 5.41) is 8.16. The average molecular weight is 228 g/mol. The predicted molar refractivity (Wildman–Crippen MR) is 67.9 cm³/mol. The van der Waals surface area contributed by atoms with Crippen LogP contribution in [0.5, 0.6) is 0 Å². The minimum Gasteiger partial charge on any atom is -0.371 e. The summed E-state index contributed by atoms with van der Waals surface area (Å²) < 4.78 is 1.97. The standard InChI is InChI=1S/C13H16N4/c1-16-10-14-15-13(16)11-6-2-3-7-12(11)17-8-4-5-9-17/h2-3,6-7,10H,4-5,8-9H2,1H3. The van der Waals surface area contributed by atoms with Gasteiger partial charge in [-0.2, -0.15) is 0 Å². The Hall–Kier alpha value is -1.84. The number of rotatable bonds is 2. The first-order valence-corrected chi connectivity index (χ1v) is 6.04. The summed E-state index contributed by atoms with van der Waals surface area (Å²) in [6, 6.07) is 8.45. The smallest absolute Gasteiger partial charge is 0.165 e. The van der Waals surface area contributed by atoms with E-state index in [1.54, 1.807) is 6.33 Å². The fraction of sp³-hybridized carbons (Fsp3) is 0.385. The average Bonchev–Trinajstić information content (AvgIpc) is 3.00. The van der Waals surface area contributed by atoms with Crippen molar-refractivity contribution in [3.8, 4) is 11.4 Å². The first kappa shape index (κ1) is 10.3. The van der Waals surface area contributed by atoms with E-state index in [9.17, 15) is 0 Å². The summed E-state index contributed by atoms with van der Waals surface area (Å²) in [6.07, 6.45) is 4.32. The van der Waals surface area contributed by atoms with E-state index < -0.39 is 0 Å². The lowest BCUT2D eigenvalue weighted by molar-refractivity contribution is 0.913. The van der Waals surface area contributed by atoms with Gasteiger partial charge >= 0.3 is 0 Å². The van der Waals surface area contributed by atoms with Crippen molar-refractivity contribution in [2.75, 3.05) is 18.0 Å². The van der Waals surface area contributed by atoms with Gasteiger partial charge in [-0.15, -0.1) is 10.2 Å². The first-order valence-electron chi connectivity index (χ1n) is 6.04. The fourth-order valence-electron chi connectivity index (χ4n) is 2.42. The zero-order valence-corrected chi connectivity index (χ0v) is 10.0. The highest BCUT2D eigenvalue weighted by Crippen LogP contribution is 2.31. The van der Waals surface area contributed by atoms with Crippen molar-refractivity contribution in [1.29, 1.82) is 0 Å². The number of anilines is 1. The second kappa shape index (κ2) is 4.20. The topological polar surface area (TPSA) is 34.0 Å². The molecule has 2 heterocycles. The minimum absolute atomic E-state index is 0.938. The van der Waals surface area contributed by atoms with Gasteiger partial charge in [0.05, 0.1) is 0 Å². The molecular formula is C13H16N4. The van der Waals surface area contributed by atoms with Crippen LogP contribution in [0.15, 0.2) is 30.6 Å². The minimum atomic E-state index is 0.938. The second-order valence-corrected chi connectivity index (χ2v) is 4.48. The Labute approximate surface area is 101 Å². The molecule has 2 aromatic rings. The fourth-order valence-corrected chi connectivity index (χ4v) is 2.42. The Morgan fingerprint density at radius 3 is 2.59 bits per heavy atom. The largest absolute Gasteiger partial charge is 0.371 e. The highest BCUT2D eigenvalue weighted by molar-refractivity contribution is 5.74. The molecule has 88 valence electrons. The predicted octanol–water partition coefficient (Wildman–Crippen LogP) is 2.08. The quantitative estimate of drug-likeness (QED) is 0.789. The molecule has 0 saturated carbocycles. The van der Waals surface area contributed by atoms with E-state index in [0.29, 0.717) is 0 Å². The number of para-hydroxylation sites is 1. The van der Waals surface area contributed by atoms with Gasteiger partial charge in [0, 0.05) is 31.4 Å². The molecule has 0 atom stereocenters. The molecule has 1 aliphatic heterocycles. The van der Waals surface area contributed by atoms with E-state index >= 15 is 0 Å². The molecule has 17 heavy (non-hydrogen) atoms. The van der Waals surface area contributed by atoms with E-state index in [0.717, 1.165) is 18.9 Å². The van der Waals surface area contributed by atoms with Gasteiger partial charge < -0.3 is 9.47 Å². The van der Waals surface area contributed by atoms with Gasteiger partial charge in [-0.05, 0) is 25.0 Å². The molecule has 0 unspecified atom stereocenters. The number of nitrogens with zero attached hydrogens (tertiary/aromatic N) is 4. The van der Waals surface area contributed by atoms with Crippen molar-refractivity contribution in [3.05, 3.63) is 30.6 Å². The summed E-state index contributed by atoms with van der Waals surface area (Å²) in [5.41, 5.74) is 2.45. The molecule has 4 nitrogen and oxygen atoms in total. The molecule has 1 aromatic heterocycles. The summed E-state index contributed by atoms with van der Waals surface area (Å²) in [5.74, 6) is 0.938. The van der Waals surface area contributed by atoms with Crippen molar-refractivity contribution >= 4 is 5.69 Å². The van der Waals surface area contributed by atoms with Crippen LogP contribution < -0.4 is 4.90 Å². The van der Waals surface area contributed by atoms with Gasteiger partial charge in [-0.3, -0.25) is 0 Å². The van der Waals surface area contributed by atoms with Gasteiger partial charge in [0.15, 0.2) is 5.82 Å². The summed E-state index contributed by atoms with van der Waals surface area (Å²) in [6.45, 7) is 2.30. The maximum Gasteiger partial charge on any atom is 0.165 e. The molecule has 0 amide bonds. The van der Waals surface area contributed by atoms with E-state index in [1.807, 2.05) is 11.6 Å². The van der Waals surface area contributed by atoms with E-state index in [-0.39, 0.29) is 0 Å². The number of benzene rings is 1. The molecule has 0 spiro atoms. The molecule has 1 aromatic carbocycles. The molecule has 1 fully saturated rings. The molecule has 0 aliphatic carbocycles. The number of aromatic nitrogens is 3. The van der Waals surface area contributed by atoms with Gasteiger partial charge in [-0.25, -0.2) is 0 Å². The summed E-state index contributed by atoms with van der Waals surface area (Å²) in [4.78, 5) is 2.43. The van der Waals surface area contributed by atoms with Crippen LogP contribution >= 0.6 is 0 Å². The van der Waals surface area contributed by atoms with E-state index in [1.165, 1.54) is 24.1 Å². The SMILES string of the molecule is Cn1cnnc1-c1ccccc1N1CCCC1. The number of hydrogen-bond acceptors (Lipinski definition) is 3. The zero-order chi connectivity index (χ0) is 11.7. The molecule has 4 heteroatoms. The third kappa shape index (κ3) is 1.79. The van der Waals surface area contributed by atoms with Crippen LogP contribution in [-0.2, 0) is 7.05 Å². The van der Waals surface area contributed by atoms with Crippen LogP contribution in [0.3, 0.4) is 0 Å². The highest BCUT2D eigenvalue weighted by Gasteiger charge is 2.17. The third-order valence-electron chi connectivity index (χ3n) is 3.30. The van der Waals surface area contributed by atoms with Crippen molar-refractivity contribution in [2.24, 2.45) is 7.05 Å². The lowest BCUT2D eigenvalue weighted by atomic mass is 10.1. The molecule has 0 bridgehead atoms. The van der Waals surface area contributed by atoms with Crippen molar-refractivity contribution < 1.29 is 0 Å². The van der Waals surface area contributed by atoms with Crippen LogP contribution in [0, 0.1) is 0 Å². The Morgan fingerprint density at radius 2 is 1.88 bits per heavy atom. The van der Waals surface area contributed by atoms with Crippen molar-refractivity contribution in [2.45, 2.75) is 12.8 Å². The first-order chi connectivity index (χ1) is 8.36. The summed E-state index contributed by atoms with van der Waals surface area (Å²) >= 11 is 0. The molecular weight excluding hydrogens is 212 g/mol. The van der Waals surface area contributed by atoms with Gasteiger partial charge in [0.2, 0.25) is 0 Å². The monoisotopic (exact) mass is 228 g/mol. The Bertz CT molecular complexity index is 512. The summed E-state index contributed by atoms with van der Waals surface area (Å²) in [7, 11) is 1.98. The Balaban J connectivity index is 2.07. The van der Waals surface area contributed by atoms with Crippen LogP contribution in [-0.4, -0.2) is 27.9 Å². The van der Waals surface area contributed by atoms with Crippen LogP contribution in [0.2, 0.25) is 0 Å². The number of aryl methyl sites for hydroxylation is 1. The molecule has 1 saturated heterocycles.